The second kappa shape index (κ2) is 6.35. The zero-order valence-corrected chi connectivity index (χ0v) is 12.3. The predicted octanol–water partition coefficient (Wildman–Crippen LogP) is 1.84. The maximum Gasteiger partial charge on any atom is 0.178 e. The first-order valence-corrected chi connectivity index (χ1v) is 7.16. The van der Waals surface area contributed by atoms with E-state index in [1.807, 2.05) is 27.0 Å². The number of Topliss-reactive ketones (excluding diaryl/α,β-unsaturated/α-hetero) is 1. The van der Waals surface area contributed by atoms with E-state index in [4.69, 9.17) is 0 Å². The average molecular weight is 263 g/mol. The topological polar surface area (TPSA) is 39.3 Å². The van der Waals surface area contributed by atoms with Crippen LogP contribution >= 0.6 is 0 Å². The van der Waals surface area contributed by atoms with Crippen LogP contribution in [0.3, 0.4) is 0 Å². The highest BCUT2D eigenvalue weighted by Gasteiger charge is 2.15. The number of hydrogen-bond donors (Lipinski definition) is 1. The van der Waals surface area contributed by atoms with Gasteiger partial charge in [0.1, 0.15) is 0 Å². The molecule has 1 fully saturated rings. The van der Waals surface area contributed by atoms with Gasteiger partial charge in [-0.05, 0) is 52.9 Å². The minimum atomic E-state index is 0.214. The first kappa shape index (κ1) is 14.3. The van der Waals surface area contributed by atoms with Crippen LogP contribution in [0, 0.1) is 13.8 Å². The van der Waals surface area contributed by atoms with Crippen LogP contribution in [0.2, 0.25) is 0 Å². The van der Waals surface area contributed by atoms with Gasteiger partial charge in [-0.15, -0.1) is 0 Å². The number of aryl methyl sites for hydroxylation is 2. The normalized spacial score (nSPS) is 16.4. The van der Waals surface area contributed by atoms with Crippen LogP contribution in [0.25, 0.3) is 0 Å². The van der Waals surface area contributed by atoms with Crippen molar-refractivity contribution in [3.8, 4) is 0 Å². The Balaban J connectivity index is 1.79. The van der Waals surface area contributed by atoms with E-state index in [9.17, 15) is 4.79 Å². The molecule has 0 atom stereocenters. The zero-order chi connectivity index (χ0) is 13.8. The molecule has 1 aromatic heterocycles. The van der Waals surface area contributed by atoms with Gasteiger partial charge in [0, 0.05) is 30.0 Å². The fourth-order valence-corrected chi connectivity index (χ4v) is 2.74. The lowest BCUT2D eigenvalue weighted by Gasteiger charge is -2.20. The van der Waals surface area contributed by atoms with Crippen LogP contribution in [0.15, 0.2) is 6.07 Å². The molecule has 1 N–H and O–H groups in total. The summed E-state index contributed by atoms with van der Waals surface area (Å²) >= 11 is 0. The van der Waals surface area contributed by atoms with Crippen molar-refractivity contribution in [2.75, 3.05) is 39.8 Å². The smallest absolute Gasteiger partial charge is 0.178 e. The largest absolute Gasteiger partial charge is 0.362 e. The monoisotopic (exact) mass is 263 g/mol. The lowest BCUT2D eigenvalue weighted by molar-refractivity contribution is 0.0940. The summed E-state index contributed by atoms with van der Waals surface area (Å²) < 4.78 is 0. The molecule has 0 saturated carbocycles. The maximum atomic E-state index is 12.2. The third-order valence-corrected chi connectivity index (χ3v) is 3.86. The number of likely N-dealkylation sites (N-methyl/N-ethyl adjacent to an activating group) is 1. The van der Waals surface area contributed by atoms with E-state index >= 15 is 0 Å². The highest BCUT2D eigenvalue weighted by molar-refractivity contribution is 5.98. The Bertz CT molecular complexity index is 433. The van der Waals surface area contributed by atoms with Crippen LogP contribution in [0.1, 0.15) is 34.6 Å². The van der Waals surface area contributed by atoms with Crippen LogP contribution in [0.5, 0.6) is 0 Å². The van der Waals surface area contributed by atoms with E-state index in [0.717, 1.165) is 30.0 Å². The molecule has 2 heterocycles. The molecule has 19 heavy (non-hydrogen) atoms. The average Bonchev–Trinajstić information content (AvgIpc) is 2.96. The summed E-state index contributed by atoms with van der Waals surface area (Å²) in [4.78, 5) is 20.0. The lowest BCUT2D eigenvalue weighted by atomic mass is 10.1. The summed E-state index contributed by atoms with van der Waals surface area (Å²) in [6.07, 6.45) is 2.65. The number of nitrogens with one attached hydrogen (secondary N) is 1. The molecule has 106 valence electrons. The number of aromatic amines is 1. The summed E-state index contributed by atoms with van der Waals surface area (Å²) in [6, 6.07) is 1.95. The van der Waals surface area contributed by atoms with Gasteiger partial charge in [-0.25, -0.2) is 0 Å². The molecule has 1 saturated heterocycles. The van der Waals surface area contributed by atoms with Gasteiger partial charge in [-0.3, -0.25) is 9.69 Å². The van der Waals surface area contributed by atoms with Crippen LogP contribution < -0.4 is 0 Å². The summed E-state index contributed by atoms with van der Waals surface area (Å²) in [7, 11) is 2.03. The number of rotatable bonds is 6. The van der Waals surface area contributed by atoms with Gasteiger partial charge in [-0.2, -0.15) is 0 Å². The minimum absolute atomic E-state index is 0.214. The van der Waals surface area contributed by atoms with E-state index in [2.05, 4.69) is 14.8 Å². The fraction of sp³-hybridized carbons (Fsp3) is 0.667. The molecular weight excluding hydrogens is 238 g/mol. The summed E-state index contributed by atoms with van der Waals surface area (Å²) in [5.41, 5.74) is 2.88. The molecule has 4 nitrogen and oxygen atoms in total. The Morgan fingerprint density at radius 2 is 2.05 bits per heavy atom. The third kappa shape index (κ3) is 3.91. The zero-order valence-electron chi connectivity index (χ0n) is 12.3. The molecule has 0 aromatic carbocycles. The number of ketones is 1. The van der Waals surface area contributed by atoms with Crippen molar-refractivity contribution in [2.45, 2.75) is 26.7 Å². The highest BCUT2D eigenvalue weighted by Crippen LogP contribution is 2.11. The van der Waals surface area contributed by atoms with Crippen LogP contribution in [0.4, 0.5) is 0 Å². The van der Waals surface area contributed by atoms with E-state index in [1.54, 1.807) is 0 Å². The number of likely N-dealkylation sites (tertiary alicyclic amines) is 1. The first-order valence-electron chi connectivity index (χ1n) is 7.16. The number of carbonyl (C=O) groups excluding carboxylic acids is 1. The number of H-pyrrole nitrogens is 1. The SMILES string of the molecule is Cc1cc(C(=O)CN(C)CCN2CCCC2)c(C)[nH]1. The second-order valence-corrected chi connectivity index (χ2v) is 5.70. The van der Waals surface area contributed by atoms with Gasteiger partial charge in [0.05, 0.1) is 6.54 Å². The van der Waals surface area contributed by atoms with Crippen LogP contribution in [-0.4, -0.2) is 60.3 Å². The molecule has 0 bridgehead atoms. The number of carbonyl (C=O) groups is 1. The molecule has 0 aliphatic carbocycles. The van der Waals surface area contributed by atoms with Crippen molar-refractivity contribution < 1.29 is 4.79 Å². The highest BCUT2D eigenvalue weighted by atomic mass is 16.1. The Morgan fingerprint density at radius 3 is 2.63 bits per heavy atom. The minimum Gasteiger partial charge on any atom is -0.362 e. The first-order chi connectivity index (χ1) is 9.06. The molecule has 1 aromatic rings. The van der Waals surface area contributed by atoms with E-state index < -0.39 is 0 Å². The lowest BCUT2D eigenvalue weighted by Crippen LogP contribution is -2.34. The Hall–Kier alpha value is -1.13. The molecule has 0 spiro atoms. The molecule has 4 heteroatoms. The Labute approximate surface area is 115 Å². The van der Waals surface area contributed by atoms with E-state index in [1.165, 1.54) is 25.9 Å². The van der Waals surface area contributed by atoms with E-state index in [0.29, 0.717) is 6.54 Å². The van der Waals surface area contributed by atoms with Crippen LogP contribution in [-0.2, 0) is 0 Å². The number of aromatic nitrogens is 1. The standard InChI is InChI=1S/C15H25N3O/c1-12-10-14(13(2)16-12)15(19)11-17(3)8-9-18-6-4-5-7-18/h10,16H,4-9,11H2,1-3H3. The fourth-order valence-electron chi connectivity index (χ4n) is 2.74. The van der Waals surface area contributed by atoms with E-state index in [-0.39, 0.29) is 5.78 Å². The van der Waals surface area contributed by atoms with Crippen molar-refractivity contribution in [3.63, 3.8) is 0 Å². The maximum absolute atomic E-state index is 12.2. The molecule has 1 aliphatic rings. The van der Waals surface area contributed by atoms with Gasteiger partial charge in [0.2, 0.25) is 0 Å². The molecule has 0 radical (unpaired) electrons. The van der Waals surface area contributed by atoms with Crippen molar-refractivity contribution in [2.24, 2.45) is 0 Å². The van der Waals surface area contributed by atoms with Gasteiger partial charge in [0.25, 0.3) is 0 Å². The molecule has 0 amide bonds. The summed E-state index contributed by atoms with van der Waals surface area (Å²) in [5.74, 6) is 0.214. The molecule has 1 aliphatic heterocycles. The molecule has 0 unspecified atom stereocenters. The molecule has 2 rings (SSSR count). The summed E-state index contributed by atoms with van der Waals surface area (Å²) in [5, 5.41) is 0. The van der Waals surface area contributed by atoms with Gasteiger partial charge in [-0.1, -0.05) is 0 Å². The van der Waals surface area contributed by atoms with Crippen molar-refractivity contribution in [1.82, 2.24) is 14.8 Å². The Kier molecular flexibility index (Phi) is 4.77. The number of hydrogen-bond acceptors (Lipinski definition) is 3. The molecular formula is C15H25N3O. The van der Waals surface area contributed by atoms with Crippen molar-refractivity contribution in [3.05, 3.63) is 23.0 Å². The summed E-state index contributed by atoms with van der Waals surface area (Å²) in [6.45, 7) is 8.94. The Morgan fingerprint density at radius 1 is 1.37 bits per heavy atom. The quantitative estimate of drug-likeness (QED) is 0.796. The third-order valence-electron chi connectivity index (χ3n) is 3.86. The second-order valence-electron chi connectivity index (χ2n) is 5.70. The van der Waals surface area contributed by atoms with Crippen molar-refractivity contribution >= 4 is 5.78 Å². The number of nitrogens with zero attached hydrogens (tertiary/aromatic N) is 2. The van der Waals surface area contributed by atoms with Gasteiger partial charge >= 0.3 is 0 Å². The van der Waals surface area contributed by atoms with Gasteiger partial charge in [0.15, 0.2) is 5.78 Å². The predicted molar refractivity (Wildman–Crippen MR) is 77.8 cm³/mol. The van der Waals surface area contributed by atoms with Crippen molar-refractivity contribution in [1.29, 1.82) is 0 Å². The van der Waals surface area contributed by atoms with Gasteiger partial charge < -0.3 is 9.88 Å².